The third kappa shape index (κ3) is 6.06. The highest BCUT2D eigenvalue weighted by Crippen LogP contribution is 2.09. The highest BCUT2D eigenvalue weighted by Gasteiger charge is 2.07. The number of hydrogen-bond acceptors (Lipinski definition) is 4. The minimum Gasteiger partial charge on any atom is -0.350 e. The Morgan fingerprint density at radius 3 is 2.24 bits per heavy atom. The van der Waals surface area contributed by atoms with Crippen molar-refractivity contribution in [3.8, 4) is 0 Å². The van der Waals surface area contributed by atoms with E-state index in [4.69, 9.17) is 0 Å². The molecule has 0 saturated heterocycles. The summed E-state index contributed by atoms with van der Waals surface area (Å²) in [6.45, 7) is 2.01. The van der Waals surface area contributed by atoms with E-state index in [0.717, 1.165) is 5.56 Å². The van der Waals surface area contributed by atoms with Gasteiger partial charge < -0.3 is 16.0 Å². The molecule has 3 amide bonds. The minimum atomic E-state index is -0.263. The summed E-state index contributed by atoms with van der Waals surface area (Å²) in [5, 5.41) is 7.98. The lowest BCUT2D eigenvalue weighted by molar-refractivity contribution is -0.126. The molecule has 0 aliphatic rings. The van der Waals surface area contributed by atoms with Gasteiger partial charge in [0.15, 0.2) is 0 Å². The van der Waals surface area contributed by atoms with Gasteiger partial charge in [-0.25, -0.2) is 0 Å². The molecule has 2 rings (SSSR count). The zero-order valence-electron chi connectivity index (χ0n) is 13.9. The maximum absolute atomic E-state index is 12.1. The molecule has 0 radical (unpaired) electrons. The number of nitrogens with one attached hydrogen (secondary N) is 3. The number of amides is 3. The van der Waals surface area contributed by atoms with Crippen LogP contribution in [0.15, 0.2) is 48.8 Å². The molecule has 0 atom stereocenters. The summed E-state index contributed by atoms with van der Waals surface area (Å²) in [5.41, 5.74) is 2.04. The number of anilines is 1. The second-order valence-corrected chi connectivity index (χ2v) is 5.29. The Morgan fingerprint density at radius 2 is 1.60 bits per heavy atom. The molecule has 1 aromatic carbocycles. The minimum absolute atomic E-state index is 0.0426. The molecule has 1 aromatic heterocycles. The fraction of sp³-hybridized carbons (Fsp3) is 0.222. The normalized spacial score (nSPS) is 9.96. The number of benzene rings is 1. The topological polar surface area (TPSA) is 100 Å². The summed E-state index contributed by atoms with van der Waals surface area (Å²) >= 11 is 0. The first-order valence-corrected chi connectivity index (χ1v) is 7.92. The molecule has 0 unspecified atom stereocenters. The van der Waals surface area contributed by atoms with E-state index in [1.54, 1.807) is 55.7 Å². The van der Waals surface area contributed by atoms with Gasteiger partial charge in [0.25, 0.3) is 5.91 Å². The van der Waals surface area contributed by atoms with E-state index >= 15 is 0 Å². The third-order valence-electron chi connectivity index (χ3n) is 3.41. The van der Waals surface area contributed by atoms with Crippen LogP contribution in [-0.2, 0) is 16.1 Å². The second kappa shape index (κ2) is 9.17. The molecule has 0 aliphatic heterocycles. The van der Waals surface area contributed by atoms with Crippen molar-refractivity contribution in [1.82, 2.24) is 15.6 Å². The van der Waals surface area contributed by atoms with Crippen LogP contribution in [0.25, 0.3) is 0 Å². The summed E-state index contributed by atoms with van der Waals surface area (Å²) in [7, 11) is 0. The Bertz CT molecular complexity index is 730. The van der Waals surface area contributed by atoms with E-state index < -0.39 is 0 Å². The van der Waals surface area contributed by atoms with Crippen LogP contribution in [0.2, 0.25) is 0 Å². The van der Waals surface area contributed by atoms with Crippen LogP contribution in [0.5, 0.6) is 0 Å². The van der Waals surface area contributed by atoms with E-state index in [1.807, 2.05) is 0 Å². The van der Waals surface area contributed by atoms with E-state index in [1.165, 1.54) is 0 Å². The summed E-state index contributed by atoms with van der Waals surface area (Å²) < 4.78 is 0. The van der Waals surface area contributed by atoms with Crippen molar-refractivity contribution in [2.75, 3.05) is 11.9 Å². The lowest BCUT2D eigenvalue weighted by Gasteiger charge is -2.08. The molecule has 0 fully saturated rings. The number of pyridine rings is 1. The van der Waals surface area contributed by atoms with Gasteiger partial charge in [-0.2, -0.15) is 0 Å². The smallest absolute Gasteiger partial charge is 0.255 e. The Labute approximate surface area is 145 Å². The molecule has 7 heteroatoms. The average Bonchev–Trinajstić information content (AvgIpc) is 2.65. The number of rotatable bonds is 7. The van der Waals surface area contributed by atoms with Crippen molar-refractivity contribution >= 4 is 23.4 Å². The van der Waals surface area contributed by atoms with Gasteiger partial charge in [-0.05, 0) is 29.8 Å². The second-order valence-electron chi connectivity index (χ2n) is 5.29. The Balaban J connectivity index is 1.82. The summed E-state index contributed by atoms with van der Waals surface area (Å²) in [6, 6.07) is 10.3. The van der Waals surface area contributed by atoms with E-state index in [-0.39, 0.29) is 24.3 Å². The number of carbonyl (C=O) groups excluding carboxylic acids is 3. The van der Waals surface area contributed by atoms with E-state index in [0.29, 0.717) is 24.2 Å². The number of aromatic nitrogens is 1. The lowest BCUT2D eigenvalue weighted by atomic mass is 10.1. The van der Waals surface area contributed by atoms with Crippen molar-refractivity contribution in [3.05, 3.63) is 59.9 Å². The van der Waals surface area contributed by atoms with Crippen LogP contribution in [-0.4, -0.2) is 29.3 Å². The van der Waals surface area contributed by atoms with Crippen molar-refractivity contribution in [2.24, 2.45) is 0 Å². The summed E-state index contributed by atoms with van der Waals surface area (Å²) in [5.74, 6) is -0.648. The Kier molecular flexibility index (Phi) is 6.65. The first-order chi connectivity index (χ1) is 12.1. The monoisotopic (exact) mass is 340 g/mol. The molecular weight excluding hydrogens is 320 g/mol. The van der Waals surface area contributed by atoms with Crippen LogP contribution >= 0.6 is 0 Å². The molecule has 0 saturated carbocycles. The predicted octanol–water partition coefficient (Wildman–Crippen LogP) is 1.48. The molecule has 0 aliphatic carbocycles. The van der Waals surface area contributed by atoms with Gasteiger partial charge in [-0.15, -0.1) is 0 Å². The van der Waals surface area contributed by atoms with Gasteiger partial charge in [0.05, 0.1) is 6.54 Å². The number of carbonyl (C=O) groups is 3. The maximum atomic E-state index is 12.1. The molecule has 1 heterocycles. The van der Waals surface area contributed by atoms with E-state index in [2.05, 4.69) is 20.9 Å². The Hall–Kier alpha value is -3.22. The molecule has 0 spiro atoms. The van der Waals surface area contributed by atoms with Crippen molar-refractivity contribution in [3.63, 3.8) is 0 Å². The lowest BCUT2D eigenvalue weighted by Crippen LogP contribution is -2.36. The van der Waals surface area contributed by atoms with Crippen LogP contribution in [0.1, 0.15) is 29.3 Å². The molecule has 2 aromatic rings. The fourth-order valence-electron chi connectivity index (χ4n) is 1.98. The van der Waals surface area contributed by atoms with Gasteiger partial charge in [0.2, 0.25) is 11.8 Å². The maximum Gasteiger partial charge on any atom is 0.255 e. The molecule has 7 nitrogen and oxygen atoms in total. The van der Waals surface area contributed by atoms with Crippen LogP contribution in [0, 0.1) is 0 Å². The summed E-state index contributed by atoms with van der Waals surface area (Å²) in [6.07, 6.45) is 3.55. The number of hydrogen-bond donors (Lipinski definition) is 3. The van der Waals surface area contributed by atoms with Gasteiger partial charge in [-0.3, -0.25) is 19.4 Å². The van der Waals surface area contributed by atoms with Gasteiger partial charge in [-0.1, -0.05) is 19.1 Å². The van der Waals surface area contributed by atoms with Crippen LogP contribution in [0.3, 0.4) is 0 Å². The molecule has 130 valence electrons. The summed E-state index contributed by atoms with van der Waals surface area (Å²) in [4.78, 5) is 38.7. The first-order valence-electron chi connectivity index (χ1n) is 7.92. The molecule has 3 N–H and O–H groups in total. The van der Waals surface area contributed by atoms with Crippen molar-refractivity contribution < 1.29 is 14.4 Å². The molecule has 0 bridgehead atoms. The van der Waals surface area contributed by atoms with Crippen LogP contribution < -0.4 is 16.0 Å². The highest BCUT2D eigenvalue weighted by atomic mass is 16.2. The quantitative estimate of drug-likeness (QED) is 0.711. The first kappa shape index (κ1) is 18.1. The zero-order chi connectivity index (χ0) is 18.1. The standard InChI is InChI=1S/C18H20N4O3/c1-2-16(23)21-12-17(24)20-11-13-3-5-14(6-4-13)18(25)22-15-7-9-19-10-8-15/h3-10H,2,11-12H2,1H3,(H,20,24)(H,21,23)(H,19,22,25). The van der Waals surface area contributed by atoms with E-state index in [9.17, 15) is 14.4 Å². The molecule has 25 heavy (non-hydrogen) atoms. The molecular formula is C18H20N4O3. The van der Waals surface area contributed by atoms with Gasteiger partial charge in [0, 0.05) is 36.6 Å². The zero-order valence-corrected chi connectivity index (χ0v) is 13.9. The van der Waals surface area contributed by atoms with Crippen molar-refractivity contribution in [2.45, 2.75) is 19.9 Å². The van der Waals surface area contributed by atoms with Crippen LogP contribution in [0.4, 0.5) is 5.69 Å². The van der Waals surface area contributed by atoms with Crippen molar-refractivity contribution in [1.29, 1.82) is 0 Å². The van der Waals surface area contributed by atoms with Gasteiger partial charge in [0.1, 0.15) is 0 Å². The third-order valence-corrected chi connectivity index (χ3v) is 3.41. The largest absolute Gasteiger partial charge is 0.350 e. The SMILES string of the molecule is CCC(=O)NCC(=O)NCc1ccc(C(=O)Nc2ccncc2)cc1. The average molecular weight is 340 g/mol. The number of nitrogens with zero attached hydrogens (tertiary/aromatic N) is 1. The fourth-order valence-corrected chi connectivity index (χ4v) is 1.98. The Morgan fingerprint density at radius 1 is 0.920 bits per heavy atom. The van der Waals surface area contributed by atoms with Gasteiger partial charge >= 0.3 is 0 Å². The predicted molar refractivity (Wildman–Crippen MR) is 93.8 cm³/mol. The highest BCUT2D eigenvalue weighted by molar-refractivity contribution is 6.04.